The molecule has 0 saturated carbocycles. The lowest BCUT2D eigenvalue weighted by atomic mass is 9.96. The zero-order valence-electron chi connectivity index (χ0n) is 10.2. The number of piperidine rings is 1. The minimum atomic E-state index is 0.517. The Balaban J connectivity index is 2.08. The summed E-state index contributed by atoms with van der Waals surface area (Å²) in [5, 5.41) is 4.45. The van der Waals surface area contributed by atoms with E-state index >= 15 is 0 Å². The number of imidazole rings is 1. The Morgan fingerprint density at radius 3 is 3.17 bits per heavy atom. The molecule has 0 aliphatic carbocycles. The van der Waals surface area contributed by atoms with Crippen molar-refractivity contribution >= 4 is 33.3 Å². The predicted molar refractivity (Wildman–Crippen MR) is 77.3 cm³/mol. The van der Waals surface area contributed by atoms with E-state index < -0.39 is 0 Å². The first-order valence-electron chi connectivity index (χ1n) is 6.08. The second kappa shape index (κ2) is 5.19. The molecule has 1 N–H and O–H groups in total. The second-order valence-electron chi connectivity index (χ2n) is 4.49. The van der Waals surface area contributed by atoms with Crippen LogP contribution in [-0.4, -0.2) is 33.7 Å². The van der Waals surface area contributed by atoms with Crippen molar-refractivity contribution in [2.24, 2.45) is 0 Å². The molecule has 0 amide bonds. The van der Waals surface area contributed by atoms with Crippen molar-refractivity contribution in [3.8, 4) is 0 Å². The molecule has 0 aromatic carbocycles. The normalized spacial score (nSPS) is 20.4. The zero-order chi connectivity index (χ0) is 12.5. The van der Waals surface area contributed by atoms with E-state index in [1.54, 1.807) is 11.8 Å². The van der Waals surface area contributed by atoms with E-state index in [0.29, 0.717) is 5.92 Å². The summed E-state index contributed by atoms with van der Waals surface area (Å²) in [6, 6.07) is 0. The van der Waals surface area contributed by atoms with Crippen molar-refractivity contribution < 1.29 is 0 Å². The SMILES string of the molecule is CSc1nc([C@H]2CCCNC2)cn2c(Br)cnc12. The lowest BCUT2D eigenvalue weighted by Gasteiger charge is -2.22. The molecule has 4 nitrogen and oxygen atoms in total. The van der Waals surface area contributed by atoms with E-state index in [1.807, 2.05) is 12.5 Å². The summed E-state index contributed by atoms with van der Waals surface area (Å²) in [4.78, 5) is 9.17. The van der Waals surface area contributed by atoms with Crippen LogP contribution in [0.5, 0.6) is 0 Å². The summed E-state index contributed by atoms with van der Waals surface area (Å²) < 4.78 is 3.07. The van der Waals surface area contributed by atoms with Crippen molar-refractivity contribution in [1.29, 1.82) is 0 Å². The van der Waals surface area contributed by atoms with Crippen LogP contribution < -0.4 is 5.32 Å². The third-order valence-corrected chi connectivity index (χ3v) is 4.59. The number of fused-ring (bicyclic) bond motifs is 1. The quantitative estimate of drug-likeness (QED) is 0.861. The highest BCUT2D eigenvalue weighted by Crippen LogP contribution is 2.27. The van der Waals surface area contributed by atoms with E-state index in [9.17, 15) is 0 Å². The molecule has 1 saturated heterocycles. The van der Waals surface area contributed by atoms with Gasteiger partial charge < -0.3 is 5.32 Å². The van der Waals surface area contributed by atoms with Gasteiger partial charge in [-0.1, -0.05) is 0 Å². The fourth-order valence-electron chi connectivity index (χ4n) is 2.39. The summed E-state index contributed by atoms with van der Waals surface area (Å²) >= 11 is 5.19. The molecular formula is C12H15BrN4S. The van der Waals surface area contributed by atoms with Crippen molar-refractivity contribution in [1.82, 2.24) is 19.7 Å². The van der Waals surface area contributed by atoms with Gasteiger partial charge >= 0.3 is 0 Å². The van der Waals surface area contributed by atoms with E-state index in [2.05, 4.69) is 36.8 Å². The highest BCUT2D eigenvalue weighted by atomic mass is 79.9. The van der Waals surface area contributed by atoms with Crippen molar-refractivity contribution in [2.75, 3.05) is 19.3 Å². The maximum atomic E-state index is 4.78. The molecule has 0 bridgehead atoms. The summed E-state index contributed by atoms with van der Waals surface area (Å²) in [6.45, 7) is 2.15. The predicted octanol–water partition coefficient (Wildman–Crippen LogP) is 2.68. The van der Waals surface area contributed by atoms with Crippen molar-refractivity contribution in [3.63, 3.8) is 0 Å². The monoisotopic (exact) mass is 326 g/mol. The molecule has 1 aliphatic rings. The number of hydrogen-bond acceptors (Lipinski definition) is 4. The molecule has 3 rings (SSSR count). The van der Waals surface area contributed by atoms with Gasteiger partial charge in [0, 0.05) is 18.7 Å². The van der Waals surface area contributed by atoms with Gasteiger partial charge in [0.2, 0.25) is 0 Å². The standard InChI is InChI=1S/C12H15BrN4S/c1-18-12-11-15-6-10(13)17(11)7-9(16-12)8-3-2-4-14-5-8/h6-8,14H,2-5H2,1H3/t8-/m0/s1. The topological polar surface area (TPSA) is 42.2 Å². The third kappa shape index (κ3) is 2.17. The fourth-order valence-corrected chi connectivity index (χ4v) is 3.29. The van der Waals surface area contributed by atoms with Crippen LogP contribution in [0.3, 0.4) is 0 Å². The summed E-state index contributed by atoms with van der Waals surface area (Å²) in [6.07, 6.45) is 8.44. The maximum absolute atomic E-state index is 4.78. The van der Waals surface area contributed by atoms with Gasteiger partial charge in [-0.25, -0.2) is 9.97 Å². The summed E-state index contributed by atoms with van der Waals surface area (Å²) in [5.41, 5.74) is 2.10. The molecule has 1 fully saturated rings. The van der Waals surface area contributed by atoms with Gasteiger partial charge in [-0.15, -0.1) is 11.8 Å². The van der Waals surface area contributed by atoms with E-state index in [1.165, 1.54) is 12.8 Å². The van der Waals surface area contributed by atoms with Crippen LogP contribution >= 0.6 is 27.7 Å². The average molecular weight is 327 g/mol. The number of aromatic nitrogens is 3. The van der Waals surface area contributed by atoms with Gasteiger partial charge in [0.25, 0.3) is 0 Å². The minimum absolute atomic E-state index is 0.517. The Labute approximate surface area is 119 Å². The largest absolute Gasteiger partial charge is 0.316 e. The molecular weight excluding hydrogens is 312 g/mol. The van der Waals surface area contributed by atoms with Crippen LogP contribution in [-0.2, 0) is 0 Å². The first-order chi connectivity index (χ1) is 8.79. The highest BCUT2D eigenvalue weighted by Gasteiger charge is 2.19. The van der Waals surface area contributed by atoms with Crippen molar-refractivity contribution in [3.05, 3.63) is 22.7 Å². The van der Waals surface area contributed by atoms with Crippen molar-refractivity contribution in [2.45, 2.75) is 23.8 Å². The molecule has 3 heterocycles. The Kier molecular flexibility index (Phi) is 3.59. The van der Waals surface area contributed by atoms with Gasteiger partial charge in [0.15, 0.2) is 5.65 Å². The number of thioether (sulfide) groups is 1. The zero-order valence-corrected chi connectivity index (χ0v) is 12.6. The molecule has 0 radical (unpaired) electrons. The number of hydrogen-bond donors (Lipinski definition) is 1. The average Bonchev–Trinajstić information content (AvgIpc) is 2.81. The number of nitrogens with one attached hydrogen (secondary N) is 1. The summed E-state index contributed by atoms with van der Waals surface area (Å²) in [5.74, 6) is 0.517. The summed E-state index contributed by atoms with van der Waals surface area (Å²) in [7, 11) is 0. The van der Waals surface area contributed by atoms with E-state index in [-0.39, 0.29) is 0 Å². The van der Waals surface area contributed by atoms with E-state index in [0.717, 1.165) is 34.1 Å². The molecule has 1 aliphatic heterocycles. The number of halogens is 1. The third-order valence-electron chi connectivity index (χ3n) is 3.34. The number of rotatable bonds is 2. The maximum Gasteiger partial charge on any atom is 0.170 e. The molecule has 0 spiro atoms. The van der Waals surface area contributed by atoms with Crippen LogP contribution in [0, 0.1) is 0 Å². The Morgan fingerprint density at radius 1 is 1.56 bits per heavy atom. The lowest BCUT2D eigenvalue weighted by molar-refractivity contribution is 0.451. The Morgan fingerprint density at radius 2 is 2.44 bits per heavy atom. The van der Waals surface area contributed by atoms with E-state index in [4.69, 9.17) is 4.98 Å². The molecule has 2 aromatic heterocycles. The van der Waals surface area contributed by atoms with Gasteiger partial charge in [-0.05, 0) is 41.6 Å². The van der Waals surface area contributed by atoms with Gasteiger partial charge in [0.1, 0.15) is 9.63 Å². The van der Waals surface area contributed by atoms with Crippen LogP contribution in [0.15, 0.2) is 22.0 Å². The Hall–Kier alpha value is -0.590. The fraction of sp³-hybridized carbons (Fsp3) is 0.500. The lowest BCUT2D eigenvalue weighted by Crippen LogP contribution is -2.29. The first-order valence-corrected chi connectivity index (χ1v) is 8.09. The van der Waals surface area contributed by atoms with Crippen LogP contribution in [0.4, 0.5) is 0 Å². The van der Waals surface area contributed by atoms with Gasteiger partial charge in [-0.2, -0.15) is 0 Å². The molecule has 18 heavy (non-hydrogen) atoms. The Bertz CT molecular complexity index is 562. The number of nitrogens with zero attached hydrogens (tertiary/aromatic N) is 3. The second-order valence-corrected chi connectivity index (χ2v) is 6.10. The molecule has 96 valence electrons. The van der Waals surface area contributed by atoms with Crippen LogP contribution in [0.2, 0.25) is 0 Å². The van der Waals surface area contributed by atoms with Gasteiger partial charge in [0.05, 0.1) is 11.9 Å². The molecule has 6 heteroatoms. The van der Waals surface area contributed by atoms with Gasteiger partial charge in [-0.3, -0.25) is 4.40 Å². The highest BCUT2D eigenvalue weighted by molar-refractivity contribution is 9.10. The molecule has 2 aromatic rings. The smallest absolute Gasteiger partial charge is 0.170 e. The van der Waals surface area contributed by atoms with Crippen LogP contribution in [0.25, 0.3) is 5.65 Å². The van der Waals surface area contributed by atoms with Crippen LogP contribution in [0.1, 0.15) is 24.5 Å². The molecule has 1 atom stereocenters. The first kappa shape index (κ1) is 12.4. The molecule has 0 unspecified atom stereocenters. The minimum Gasteiger partial charge on any atom is -0.316 e.